The fourth-order valence-corrected chi connectivity index (χ4v) is 12.5. The van der Waals surface area contributed by atoms with E-state index in [0.29, 0.717) is 53.7 Å². The van der Waals surface area contributed by atoms with Gasteiger partial charge in [0.25, 0.3) is 0 Å². The van der Waals surface area contributed by atoms with Crippen LogP contribution in [0.15, 0.2) is 18.2 Å². The van der Waals surface area contributed by atoms with Crippen molar-refractivity contribution in [3.8, 4) is 46.3 Å². The van der Waals surface area contributed by atoms with E-state index >= 15 is 4.79 Å². The van der Waals surface area contributed by atoms with Gasteiger partial charge in [-0.05, 0) is 88.9 Å². The molecule has 324 valence electrons. The maximum atomic E-state index is 15.1. The predicted molar refractivity (Wildman–Crippen MR) is 223 cm³/mol. The van der Waals surface area contributed by atoms with Crippen LogP contribution in [0.2, 0.25) is 0 Å². The van der Waals surface area contributed by atoms with E-state index in [0.717, 1.165) is 38.9 Å². The van der Waals surface area contributed by atoms with Crippen LogP contribution in [0.3, 0.4) is 0 Å². The number of piperazine rings is 1. The van der Waals surface area contributed by atoms with Gasteiger partial charge in [-0.3, -0.25) is 15.1 Å². The molecular weight excluding hydrogens is 805 g/mol. The van der Waals surface area contributed by atoms with Crippen molar-refractivity contribution in [3.63, 3.8) is 0 Å². The Morgan fingerprint density at radius 1 is 0.934 bits per heavy atom. The lowest BCUT2D eigenvalue weighted by Gasteiger charge is -2.62. The molecule has 0 radical (unpaired) electrons. The van der Waals surface area contributed by atoms with E-state index in [1.54, 1.807) is 66.0 Å². The Hall–Kier alpha value is -5.08. The zero-order valence-electron chi connectivity index (χ0n) is 36.2. The second-order valence-corrected chi connectivity index (χ2v) is 18.6. The summed E-state index contributed by atoms with van der Waals surface area (Å²) in [5, 5.41) is 14.5. The smallest absolute Gasteiger partial charge is 0.496 e. The van der Waals surface area contributed by atoms with Gasteiger partial charge in [0.15, 0.2) is 40.0 Å². The second-order valence-electron chi connectivity index (χ2n) is 17.4. The van der Waals surface area contributed by atoms with Crippen molar-refractivity contribution in [2.45, 2.75) is 94.1 Å². The van der Waals surface area contributed by atoms with E-state index in [9.17, 15) is 10.1 Å². The molecule has 16 heteroatoms. The molecule has 7 atom stereocenters. The number of thioether (sulfide) groups is 1. The largest absolute Gasteiger partial charge is 0.514 e. The highest BCUT2D eigenvalue weighted by Crippen LogP contribution is 2.64. The minimum absolute atomic E-state index is 0.0220. The molecule has 7 aliphatic rings. The van der Waals surface area contributed by atoms with Crippen LogP contribution in [0.4, 0.5) is 4.79 Å². The van der Waals surface area contributed by atoms with Crippen LogP contribution in [0.1, 0.15) is 82.6 Å². The highest BCUT2D eigenvalue weighted by Gasteiger charge is 2.62. The summed E-state index contributed by atoms with van der Waals surface area (Å²) in [6.07, 6.45) is 0.278. The second kappa shape index (κ2) is 15.1. The molecule has 10 rings (SSSR count). The molecular formula is C45H52N4O11S. The molecule has 2 saturated heterocycles. The van der Waals surface area contributed by atoms with Gasteiger partial charge in [-0.1, -0.05) is 6.07 Å². The molecule has 15 nitrogen and oxygen atoms in total. The summed E-state index contributed by atoms with van der Waals surface area (Å²) in [7, 11) is 8.57. The molecule has 0 aliphatic carbocycles. The summed E-state index contributed by atoms with van der Waals surface area (Å²) in [6.45, 7) is 9.64. The van der Waals surface area contributed by atoms with Gasteiger partial charge in [0.2, 0.25) is 6.79 Å². The zero-order valence-corrected chi connectivity index (χ0v) is 37.0. The molecule has 4 bridgehead atoms. The minimum atomic E-state index is -1.35. The van der Waals surface area contributed by atoms with Gasteiger partial charge < -0.3 is 42.6 Å². The van der Waals surface area contributed by atoms with Gasteiger partial charge in [0.1, 0.15) is 24.0 Å². The normalized spacial score (nSPS) is 27.4. The SMILES string of the molecule is COc1cc2c(cc1OC(=O)OC(C)(C)C)CCN[C@]21CS[C@@H]2c3c(OC)c(C)c4c(c3[C@@H](COC1=O)N1C2[C@H]2c3c(cc(C)c(OC)c3OC)C[C@H]([C@@H]1C#N)N2C)OCO4. The first-order valence-corrected chi connectivity index (χ1v) is 21.6. The predicted octanol–water partition coefficient (Wildman–Crippen LogP) is 5.98. The molecule has 0 saturated carbocycles. The lowest BCUT2D eigenvalue weighted by Crippen LogP contribution is -2.69. The van der Waals surface area contributed by atoms with Crippen molar-refractivity contribution >= 4 is 23.9 Å². The molecule has 2 fully saturated rings. The molecule has 3 aromatic carbocycles. The van der Waals surface area contributed by atoms with Crippen LogP contribution < -0.4 is 38.5 Å². The van der Waals surface area contributed by atoms with Crippen molar-refractivity contribution in [2.75, 3.05) is 61.2 Å². The first-order chi connectivity index (χ1) is 29.2. The molecule has 61 heavy (non-hydrogen) atoms. The van der Waals surface area contributed by atoms with Crippen LogP contribution in [-0.2, 0) is 32.6 Å². The van der Waals surface area contributed by atoms with Crippen LogP contribution in [0, 0.1) is 25.2 Å². The van der Waals surface area contributed by atoms with E-state index in [4.69, 9.17) is 42.6 Å². The van der Waals surface area contributed by atoms with E-state index in [1.807, 2.05) is 13.8 Å². The number of nitrogens with one attached hydrogen (secondary N) is 1. The number of esters is 1. The maximum Gasteiger partial charge on any atom is 0.514 e. The number of carbonyl (C=O) groups is 2. The van der Waals surface area contributed by atoms with Gasteiger partial charge in [0, 0.05) is 46.6 Å². The number of methoxy groups -OCH3 is 4. The Bertz CT molecular complexity index is 2380. The van der Waals surface area contributed by atoms with E-state index in [2.05, 4.69) is 34.3 Å². The number of likely N-dealkylation sites (N-methyl/N-ethyl adjacent to an activating group) is 1. The number of nitrogens with zero attached hydrogens (tertiary/aromatic N) is 3. The number of hydrogen-bond donors (Lipinski definition) is 1. The van der Waals surface area contributed by atoms with Crippen LogP contribution in [0.5, 0.6) is 40.2 Å². The fourth-order valence-electron chi connectivity index (χ4n) is 10.8. The molecule has 7 aliphatic heterocycles. The molecule has 1 spiro atoms. The zero-order chi connectivity index (χ0) is 43.3. The summed E-state index contributed by atoms with van der Waals surface area (Å²) in [5.74, 6) is 3.33. The summed E-state index contributed by atoms with van der Waals surface area (Å²) in [6, 6.07) is 6.29. The monoisotopic (exact) mass is 856 g/mol. The Morgan fingerprint density at radius 2 is 1.67 bits per heavy atom. The Morgan fingerprint density at radius 3 is 2.36 bits per heavy atom. The van der Waals surface area contributed by atoms with Gasteiger partial charge in [-0.25, -0.2) is 9.59 Å². The topological polar surface area (TPSA) is 160 Å². The summed E-state index contributed by atoms with van der Waals surface area (Å²) >= 11 is 1.60. The quantitative estimate of drug-likeness (QED) is 0.236. The summed E-state index contributed by atoms with van der Waals surface area (Å²) in [5.41, 5.74) is 4.92. The fraction of sp³-hybridized carbons (Fsp3) is 0.533. The molecule has 7 heterocycles. The molecule has 0 amide bonds. The third-order valence-electron chi connectivity index (χ3n) is 13.1. The first kappa shape index (κ1) is 41.3. The third-order valence-corrected chi connectivity index (χ3v) is 14.6. The van der Waals surface area contributed by atoms with Gasteiger partial charge in [-0.2, -0.15) is 5.26 Å². The maximum absolute atomic E-state index is 15.1. The van der Waals surface area contributed by atoms with Gasteiger partial charge >= 0.3 is 12.1 Å². The molecule has 0 aromatic heterocycles. The van der Waals surface area contributed by atoms with Crippen molar-refractivity contribution in [1.29, 1.82) is 5.26 Å². The van der Waals surface area contributed by atoms with E-state index in [-0.39, 0.29) is 48.8 Å². The van der Waals surface area contributed by atoms with Crippen LogP contribution in [-0.4, -0.2) is 107 Å². The highest BCUT2D eigenvalue weighted by molar-refractivity contribution is 7.99. The number of ether oxygens (including phenoxy) is 9. The van der Waals surface area contributed by atoms with Crippen LogP contribution >= 0.6 is 11.8 Å². The number of aryl methyl sites for hydroxylation is 1. The number of benzene rings is 3. The number of nitriles is 1. The average Bonchev–Trinajstić information content (AvgIpc) is 3.71. The lowest BCUT2D eigenvalue weighted by atomic mass is 9.71. The third kappa shape index (κ3) is 6.17. The number of hydrogen-bond acceptors (Lipinski definition) is 16. The Labute approximate surface area is 359 Å². The Balaban J connectivity index is 1.26. The van der Waals surface area contributed by atoms with Crippen molar-refractivity contribution < 1.29 is 52.2 Å². The Kier molecular flexibility index (Phi) is 10.2. The van der Waals surface area contributed by atoms with E-state index < -0.39 is 40.6 Å². The van der Waals surface area contributed by atoms with Crippen molar-refractivity contribution in [1.82, 2.24) is 15.1 Å². The molecule has 1 N–H and O–H groups in total. The molecule has 1 unspecified atom stereocenters. The van der Waals surface area contributed by atoms with Crippen LogP contribution in [0.25, 0.3) is 0 Å². The van der Waals surface area contributed by atoms with E-state index in [1.165, 1.54) is 7.11 Å². The summed E-state index contributed by atoms with van der Waals surface area (Å²) in [4.78, 5) is 32.5. The number of fused-ring (bicyclic) bond motifs is 9. The standard InChI is InChI=1S/C45H52N4O11S/c1-21-13-24-14-26-27(17-46)49-28-18-56-42(50)45(25-16-29(52-7)30(15-23(25)11-12-47-45)59-43(51)60-44(3,4)5)19-61-41(33-32(28)40-38(57-20-58-40)22(2)37(33)54-9)35(49)34(48(26)6)31(24)39(55-10)36(21)53-8/h13,15-16,26-28,34-35,41,47H,11-12,14,18-20H2,1-10H3/t26-,27+,28-,34-,35?,41-,45-/m1/s1. The molecule has 3 aromatic rings. The van der Waals surface area contributed by atoms with Gasteiger partial charge in [0.05, 0.1) is 51.8 Å². The lowest BCUT2D eigenvalue weighted by molar-refractivity contribution is -0.157. The first-order valence-electron chi connectivity index (χ1n) is 20.5. The highest BCUT2D eigenvalue weighted by atomic mass is 32.2. The van der Waals surface area contributed by atoms with Crippen molar-refractivity contribution in [2.24, 2.45) is 0 Å². The number of carbonyl (C=O) groups excluding carboxylic acids is 2. The summed E-state index contributed by atoms with van der Waals surface area (Å²) < 4.78 is 54.6. The minimum Gasteiger partial charge on any atom is -0.496 e. The van der Waals surface area contributed by atoms with Gasteiger partial charge in [-0.15, -0.1) is 11.8 Å². The van der Waals surface area contributed by atoms with Crippen molar-refractivity contribution in [3.05, 3.63) is 62.7 Å². The average molecular weight is 857 g/mol. The number of rotatable bonds is 5.